The fourth-order valence-corrected chi connectivity index (χ4v) is 3.86. The predicted octanol–water partition coefficient (Wildman–Crippen LogP) is 3.71. The second-order valence-electron chi connectivity index (χ2n) is 6.83. The van der Waals surface area contributed by atoms with Gasteiger partial charge in [0.25, 0.3) is 5.91 Å². The summed E-state index contributed by atoms with van der Waals surface area (Å²) < 4.78 is 0. The lowest BCUT2D eigenvalue weighted by atomic mass is 10.0. The molecule has 0 saturated carbocycles. The van der Waals surface area contributed by atoms with Crippen LogP contribution in [0.25, 0.3) is 0 Å². The van der Waals surface area contributed by atoms with E-state index in [1.54, 1.807) is 0 Å². The summed E-state index contributed by atoms with van der Waals surface area (Å²) in [5.74, 6) is 0.183. The molecule has 2 amide bonds. The molecule has 1 saturated heterocycles. The van der Waals surface area contributed by atoms with Gasteiger partial charge in [-0.25, -0.2) is 0 Å². The average molecular weight is 420 g/mol. The van der Waals surface area contributed by atoms with Gasteiger partial charge in [0.1, 0.15) is 0 Å². The zero-order valence-electron chi connectivity index (χ0n) is 15.9. The van der Waals surface area contributed by atoms with Crippen molar-refractivity contribution in [1.29, 1.82) is 0 Å². The van der Waals surface area contributed by atoms with Crippen molar-refractivity contribution in [1.82, 2.24) is 4.90 Å². The Morgan fingerprint density at radius 3 is 2.43 bits per heavy atom. The highest BCUT2D eigenvalue weighted by Crippen LogP contribution is 2.25. The highest BCUT2D eigenvalue weighted by molar-refractivity contribution is 8.00. The molecule has 0 spiro atoms. The van der Waals surface area contributed by atoms with Gasteiger partial charge in [-0.1, -0.05) is 29.8 Å². The number of likely N-dealkylation sites (tertiary alicyclic amines) is 1. The standard InChI is InChI=1S/C21H25N3O2S.ClH/c1-15-6-8-17(9-7-15)23-20(25)14-27-19-5-3-2-4-18(19)21(26)24-12-10-16(22)11-13-24;/h2-9,16H,10-14,22H2,1H3,(H,23,25);1H. The van der Waals surface area contributed by atoms with Crippen LogP contribution in [-0.4, -0.2) is 41.6 Å². The van der Waals surface area contributed by atoms with Crippen molar-refractivity contribution in [2.45, 2.75) is 30.7 Å². The molecular weight excluding hydrogens is 394 g/mol. The quantitative estimate of drug-likeness (QED) is 0.724. The molecule has 0 aliphatic carbocycles. The Bertz CT molecular complexity index is 806. The molecule has 1 aliphatic heterocycles. The van der Waals surface area contributed by atoms with Gasteiger partial charge in [-0.05, 0) is 44.0 Å². The Hall–Kier alpha value is -2.02. The van der Waals surface area contributed by atoms with Gasteiger partial charge in [0.15, 0.2) is 0 Å². The summed E-state index contributed by atoms with van der Waals surface area (Å²) in [5.41, 5.74) is 8.51. The van der Waals surface area contributed by atoms with Crippen LogP contribution >= 0.6 is 24.2 Å². The highest BCUT2D eigenvalue weighted by atomic mass is 35.5. The third kappa shape index (κ3) is 5.99. The number of rotatable bonds is 5. The second kappa shape index (κ2) is 10.5. The smallest absolute Gasteiger partial charge is 0.254 e. The summed E-state index contributed by atoms with van der Waals surface area (Å²) in [7, 11) is 0. The van der Waals surface area contributed by atoms with E-state index in [1.807, 2.05) is 60.4 Å². The molecule has 0 aromatic heterocycles. The molecule has 1 heterocycles. The van der Waals surface area contributed by atoms with E-state index in [4.69, 9.17) is 5.73 Å². The maximum Gasteiger partial charge on any atom is 0.254 e. The van der Waals surface area contributed by atoms with Gasteiger partial charge < -0.3 is 16.0 Å². The van der Waals surface area contributed by atoms with Gasteiger partial charge in [0, 0.05) is 29.7 Å². The second-order valence-corrected chi connectivity index (χ2v) is 7.85. The SMILES string of the molecule is Cc1ccc(NC(=O)CSc2ccccc2C(=O)N2CCC(N)CC2)cc1.Cl. The van der Waals surface area contributed by atoms with E-state index < -0.39 is 0 Å². The third-order valence-electron chi connectivity index (χ3n) is 4.64. The Morgan fingerprint density at radius 2 is 1.75 bits per heavy atom. The number of amides is 2. The van der Waals surface area contributed by atoms with Crippen molar-refractivity contribution < 1.29 is 9.59 Å². The molecule has 28 heavy (non-hydrogen) atoms. The minimum atomic E-state index is -0.0879. The number of hydrogen-bond acceptors (Lipinski definition) is 4. The average Bonchev–Trinajstić information content (AvgIpc) is 2.68. The first-order chi connectivity index (χ1) is 13.0. The van der Waals surface area contributed by atoms with Crippen LogP contribution in [0.15, 0.2) is 53.4 Å². The van der Waals surface area contributed by atoms with Gasteiger partial charge in [0.05, 0.1) is 11.3 Å². The van der Waals surface area contributed by atoms with Crippen molar-refractivity contribution >= 4 is 41.7 Å². The first-order valence-corrected chi connectivity index (χ1v) is 10.1. The van der Waals surface area contributed by atoms with Crippen molar-refractivity contribution in [2.75, 3.05) is 24.2 Å². The molecule has 0 radical (unpaired) electrons. The van der Waals surface area contributed by atoms with E-state index in [9.17, 15) is 9.59 Å². The van der Waals surface area contributed by atoms with Crippen LogP contribution in [0.4, 0.5) is 5.69 Å². The van der Waals surface area contributed by atoms with Gasteiger partial charge in [-0.2, -0.15) is 0 Å². The number of hydrogen-bond donors (Lipinski definition) is 2. The number of anilines is 1. The van der Waals surface area contributed by atoms with E-state index in [0.29, 0.717) is 18.7 Å². The van der Waals surface area contributed by atoms with Gasteiger partial charge in [-0.3, -0.25) is 9.59 Å². The van der Waals surface area contributed by atoms with E-state index in [-0.39, 0.29) is 36.0 Å². The van der Waals surface area contributed by atoms with E-state index in [1.165, 1.54) is 11.8 Å². The molecule has 0 atom stereocenters. The van der Waals surface area contributed by atoms with Gasteiger partial charge in [0.2, 0.25) is 5.91 Å². The van der Waals surface area contributed by atoms with Crippen LogP contribution in [-0.2, 0) is 4.79 Å². The van der Waals surface area contributed by atoms with Crippen molar-refractivity contribution in [3.63, 3.8) is 0 Å². The Labute approximate surface area is 176 Å². The molecule has 2 aromatic carbocycles. The molecule has 5 nitrogen and oxygen atoms in total. The number of carbonyl (C=O) groups excluding carboxylic acids is 2. The molecule has 1 fully saturated rings. The summed E-state index contributed by atoms with van der Waals surface area (Å²) in [6, 6.07) is 15.4. The number of halogens is 1. The molecule has 3 N–H and O–H groups in total. The van der Waals surface area contributed by atoms with Crippen LogP contribution in [0.2, 0.25) is 0 Å². The summed E-state index contributed by atoms with van der Waals surface area (Å²) >= 11 is 1.39. The molecule has 150 valence electrons. The number of nitrogens with zero attached hydrogens (tertiary/aromatic N) is 1. The van der Waals surface area contributed by atoms with E-state index in [2.05, 4.69) is 5.32 Å². The fourth-order valence-electron chi connectivity index (χ4n) is 3.02. The van der Waals surface area contributed by atoms with Crippen molar-refractivity contribution in [3.8, 4) is 0 Å². The van der Waals surface area contributed by atoms with E-state index in [0.717, 1.165) is 29.0 Å². The third-order valence-corrected chi connectivity index (χ3v) is 5.71. The first kappa shape index (κ1) is 22.3. The highest BCUT2D eigenvalue weighted by Gasteiger charge is 2.23. The predicted molar refractivity (Wildman–Crippen MR) is 117 cm³/mol. The van der Waals surface area contributed by atoms with Gasteiger partial charge >= 0.3 is 0 Å². The maximum atomic E-state index is 12.9. The lowest BCUT2D eigenvalue weighted by Crippen LogP contribution is -2.43. The minimum Gasteiger partial charge on any atom is -0.338 e. The van der Waals surface area contributed by atoms with Gasteiger partial charge in [-0.15, -0.1) is 24.2 Å². The Balaban J connectivity index is 0.00000280. The molecular formula is C21H26ClN3O2S. The lowest BCUT2D eigenvalue weighted by Gasteiger charge is -2.30. The summed E-state index contributed by atoms with van der Waals surface area (Å²) in [4.78, 5) is 27.8. The summed E-state index contributed by atoms with van der Waals surface area (Å²) in [5, 5.41) is 2.89. The summed E-state index contributed by atoms with van der Waals surface area (Å²) in [6.07, 6.45) is 1.67. The van der Waals surface area contributed by atoms with E-state index >= 15 is 0 Å². The first-order valence-electron chi connectivity index (χ1n) is 9.16. The summed E-state index contributed by atoms with van der Waals surface area (Å²) in [6.45, 7) is 3.38. The number of piperidine rings is 1. The molecule has 3 rings (SSSR count). The van der Waals surface area contributed by atoms with Crippen LogP contribution in [0.3, 0.4) is 0 Å². The number of nitrogens with two attached hydrogens (primary N) is 1. The largest absolute Gasteiger partial charge is 0.338 e. The molecule has 0 unspecified atom stereocenters. The maximum absolute atomic E-state index is 12.9. The van der Waals surface area contributed by atoms with Crippen molar-refractivity contribution in [2.24, 2.45) is 5.73 Å². The number of nitrogens with one attached hydrogen (secondary N) is 1. The van der Waals surface area contributed by atoms with Crippen LogP contribution in [0, 0.1) is 6.92 Å². The number of carbonyl (C=O) groups is 2. The van der Waals surface area contributed by atoms with Crippen molar-refractivity contribution in [3.05, 3.63) is 59.7 Å². The zero-order valence-corrected chi connectivity index (χ0v) is 17.5. The normalized spacial score (nSPS) is 14.3. The monoisotopic (exact) mass is 419 g/mol. The Morgan fingerprint density at radius 1 is 1.11 bits per heavy atom. The molecule has 1 aliphatic rings. The van der Waals surface area contributed by atoms with Crippen LogP contribution in [0.1, 0.15) is 28.8 Å². The topological polar surface area (TPSA) is 75.4 Å². The molecule has 7 heteroatoms. The zero-order chi connectivity index (χ0) is 19.2. The minimum absolute atomic E-state index is 0. The van der Waals surface area contributed by atoms with Crippen LogP contribution < -0.4 is 11.1 Å². The Kier molecular flexibility index (Phi) is 8.35. The number of thioether (sulfide) groups is 1. The molecule has 2 aromatic rings. The van der Waals surface area contributed by atoms with Crippen LogP contribution in [0.5, 0.6) is 0 Å². The number of benzene rings is 2. The number of aryl methyl sites for hydroxylation is 1. The molecule has 0 bridgehead atoms. The lowest BCUT2D eigenvalue weighted by molar-refractivity contribution is -0.113. The fraction of sp³-hybridized carbons (Fsp3) is 0.333.